The van der Waals surface area contributed by atoms with E-state index in [1.807, 2.05) is 6.07 Å². The van der Waals surface area contributed by atoms with Gasteiger partial charge in [-0.15, -0.1) is 0 Å². The molecule has 1 unspecified atom stereocenters. The molecule has 0 amide bonds. The number of nitrogens with two attached hydrogens (primary N) is 1. The lowest BCUT2D eigenvalue weighted by Gasteiger charge is -2.34. The highest BCUT2D eigenvalue weighted by atomic mass is 19.1. The fraction of sp³-hybridized carbons (Fsp3) is 0.346. The van der Waals surface area contributed by atoms with Crippen LogP contribution in [-0.2, 0) is 22.4 Å². The van der Waals surface area contributed by atoms with Gasteiger partial charge in [0.25, 0.3) is 0 Å². The molecule has 1 fully saturated rings. The number of Topliss-reactive ketones (excluding diaryl/α,β-unsaturated/α-hetero) is 1. The van der Waals surface area contributed by atoms with E-state index < -0.39 is 17.9 Å². The molecule has 1 aliphatic carbocycles. The summed E-state index contributed by atoms with van der Waals surface area (Å²) in [7, 11) is 2.14. The minimum atomic E-state index is -1.23. The number of nitrogens with zero attached hydrogens (tertiary/aromatic N) is 3. The highest BCUT2D eigenvalue weighted by Crippen LogP contribution is 2.36. The first kappa shape index (κ1) is 24.6. The second kappa shape index (κ2) is 9.97. The van der Waals surface area contributed by atoms with Crippen molar-refractivity contribution >= 4 is 34.5 Å². The first-order chi connectivity index (χ1) is 16.7. The third-order valence-corrected chi connectivity index (χ3v) is 6.46. The fourth-order valence-corrected chi connectivity index (χ4v) is 4.46. The Morgan fingerprint density at radius 1 is 1.11 bits per heavy atom. The number of fused-ring (bicyclic) bond motifs is 2. The molecule has 2 aromatic rings. The summed E-state index contributed by atoms with van der Waals surface area (Å²) in [6.45, 7) is 5.27. The SMILES string of the molecule is CC(O)C(=O)O.CN1CCN(c2ccc3c(c2)CC(C2=C(N)c4c(F)cccc4CC2=O)=N3)CC1. The van der Waals surface area contributed by atoms with E-state index in [-0.39, 0.29) is 17.9 Å². The summed E-state index contributed by atoms with van der Waals surface area (Å²) in [5.74, 6) is -1.67. The van der Waals surface area contributed by atoms with Crippen molar-refractivity contribution in [3.8, 4) is 0 Å². The van der Waals surface area contributed by atoms with Gasteiger partial charge in [0.2, 0.25) is 0 Å². The average molecular weight is 481 g/mol. The van der Waals surface area contributed by atoms with Crippen LogP contribution in [0.2, 0.25) is 0 Å². The van der Waals surface area contributed by atoms with Crippen LogP contribution in [0.5, 0.6) is 0 Å². The monoisotopic (exact) mass is 480 g/mol. The Hall–Kier alpha value is -3.56. The Balaban J connectivity index is 0.000000431. The van der Waals surface area contributed by atoms with E-state index in [0.29, 0.717) is 28.8 Å². The largest absolute Gasteiger partial charge is 0.479 e. The van der Waals surface area contributed by atoms with E-state index in [1.54, 1.807) is 12.1 Å². The van der Waals surface area contributed by atoms with Crippen molar-refractivity contribution in [1.29, 1.82) is 0 Å². The van der Waals surface area contributed by atoms with Gasteiger partial charge < -0.3 is 25.7 Å². The molecular formula is C26H29FN4O4. The number of aliphatic hydroxyl groups excluding tert-OH is 1. The van der Waals surface area contributed by atoms with E-state index in [2.05, 4.69) is 34.0 Å². The zero-order chi connectivity index (χ0) is 25.3. The van der Waals surface area contributed by atoms with Crippen LogP contribution in [0, 0.1) is 5.82 Å². The first-order valence-corrected chi connectivity index (χ1v) is 11.5. The van der Waals surface area contributed by atoms with Gasteiger partial charge in [0.05, 0.1) is 22.7 Å². The summed E-state index contributed by atoms with van der Waals surface area (Å²) in [4.78, 5) is 31.6. The number of ketones is 1. The number of carboxylic acids is 1. The Labute approximate surface area is 203 Å². The third kappa shape index (κ3) is 5.11. The van der Waals surface area contributed by atoms with Crippen molar-refractivity contribution in [3.63, 3.8) is 0 Å². The zero-order valence-corrected chi connectivity index (χ0v) is 19.8. The van der Waals surface area contributed by atoms with Crippen molar-refractivity contribution in [2.45, 2.75) is 25.9 Å². The molecule has 5 rings (SSSR count). The molecule has 0 saturated carbocycles. The number of piperazine rings is 1. The van der Waals surface area contributed by atoms with Gasteiger partial charge in [-0.25, -0.2) is 9.18 Å². The van der Waals surface area contributed by atoms with E-state index >= 15 is 0 Å². The Kier molecular flexibility index (Phi) is 7.00. The number of hydrogen-bond acceptors (Lipinski definition) is 7. The molecule has 0 spiro atoms. The lowest BCUT2D eigenvalue weighted by Crippen LogP contribution is -2.44. The van der Waals surface area contributed by atoms with Crippen molar-refractivity contribution < 1.29 is 24.2 Å². The fourth-order valence-electron chi connectivity index (χ4n) is 4.46. The molecule has 4 N–H and O–H groups in total. The number of aliphatic carboxylic acids is 1. The van der Waals surface area contributed by atoms with Gasteiger partial charge in [-0.05, 0) is 49.4 Å². The molecule has 184 valence electrons. The number of aliphatic hydroxyl groups is 1. The molecule has 35 heavy (non-hydrogen) atoms. The number of carbonyl (C=O) groups is 2. The maximum absolute atomic E-state index is 14.4. The zero-order valence-electron chi connectivity index (χ0n) is 19.8. The Morgan fingerprint density at radius 3 is 2.46 bits per heavy atom. The summed E-state index contributed by atoms with van der Waals surface area (Å²) < 4.78 is 14.4. The third-order valence-electron chi connectivity index (χ3n) is 6.46. The van der Waals surface area contributed by atoms with Gasteiger partial charge in [-0.2, -0.15) is 0 Å². The molecule has 3 aliphatic rings. The van der Waals surface area contributed by atoms with Crippen LogP contribution in [0.25, 0.3) is 5.70 Å². The smallest absolute Gasteiger partial charge is 0.332 e. The van der Waals surface area contributed by atoms with Crippen LogP contribution < -0.4 is 10.6 Å². The lowest BCUT2D eigenvalue weighted by atomic mass is 9.85. The van der Waals surface area contributed by atoms with Crippen molar-refractivity contribution in [1.82, 2.24) is 4.90 Å². The molecule has 2 aromatic carbocycles. The number of likely N-dealkylation sites (N-methyl/N-ethyl adjacent to an activating group) is 1. The molecular weight excluding hydrogens is 451 g/mol. The molecule has 2 aliphatic heterocycles. The van der Waals surface area contributed by atoms with Crippen LogP contribution in [0.3, 0.4) is 0 Å². The molecule has 0 radical (unpaired) electrons. The minimum absolute atomic E-state index is 0.0913. The maximum Gasteiger partial charge on any atom is 0.332 e. The topological polar surface area (TPSA) is 119 Å². The number of benzene rings is 2. The van der Waals surface area contributed by atoms with Gasteiger partial charge in [0.1, 0.15) is 11.9 Å². The number of aliphatic imine (C=N–C) groups is 1. The predicted octanol–water partition coefficient (Wildman–Crippen LogP) is 2.15. The number of hydrogen-bond donors (Lipinski definition) is 3. The van der Waals surface area contributed by atoms with Crippen molar-refractivity contribution in [2.24, 2.45) is 10.7 Å². The summed E-state index contributed by atoms with van der Waals surface area (Å²) in [5.41, 5.74) is 11.6. The molecule has 0 aromatic heterocycles. The van der Waals surface area contributed by atoms with Gasteiger partial charge in [-0.1, -0.05) is 12.1 Å². The molecule has 0 bridgehead atoms. The lowest BCUT2D eigenvalue weighted by molar-refractivity contribution is -0.145. The van der Waals surface area contributed by atoms with Crippen LogP contribution >= 0.6 is 0 Å². The van der Waals surface area contributed by atoms with Gasteiger partial charge in [0.15, 0.2) is 5.78 Å². The van der Waals surface area contributed by atoms with Crippen LogP contribution in [-0.4, -0.2) is 71.9 Å². The van der Waals surface area contributed by atoms with Crippen LogP contribution in [0.4, 0.5) is 15.8 Å². The quantitative estimate of drug-likeness (QED) is 0.616. The molecule has 1 saturated heterocycles. The molecule has 9 heteroatoms. The van der Waals surface area contributed by atoms with E-state index in [0.717, 1.165) is 37.4 Å². The number of carbonyl (C=O) groups excluding carboxylic acids is 1. The predicted molar refractivity (Wildman–Crippen MR) is 132 cm³/mol. The Bertz CT molecular complexity index is 1230. The second-order valence-electron chi connectivity index (χ2n) is 9.02. The number of carboxylic acid groups (broad SMARTS) is 1. The number of anilines is 1. The summed E-state index contributed by atoms with van der Waals surface area (Å²) in [5, 5.41) is 15.8. The van der Waals surface area contributed by atoms with E-state index in [9.17, 15) is 14.0 Å². The number of rotatable bonds is 3. The molecule has 2 heterocycles. The van der Waals surface area contributed by atoms with Gasteiger partial charge >= 0.3 is 5.97 Å². The van der Waals surface area contributed by atoms with Gasteiger partial charge in [-0.3, -0.25) is 9.79 Å². The first-order valence-electron chi connectivity index (χ1n) is 11.5. The standard InChI is InChI=1S/C23H23FN4O.C3H6O3/c1-27-7-9-28(10-8-27)16-5-6-18-15(11-16)12-19(26-18)22-20(29)13-14-3-2-4-17(24)21(14)23(22)25;1-2(4)3(5)6/h2-6,11H,7-10,12-13,25H2,1H3;2,4H,1H3,(H,5,6). The second-order valence-corrected chi connectivity index (χ2v) is 9.02. The maximum atomic E-state index is 14.4. The number of halogens is 1. The van der Waals surface area contributed by atoms with Crippen LogP contribution in [0.1, 0.15) is 23.6 Å². The van der Waals surface area contributed by atoms with E-state index in [4.69, 9.17) is 15.9 Å². The number of allylic oxidation sites excluding steroid dienone is 1. The van der Waals surface area contributed by atoms with Gasteiger partial charge in [0, 0.05) is 50.3 Å². The highest BCUT2D eigenvalue weighted by molar-refractivity contribution is 6.30. The molecule has 8 nitrogen and oxygen atoms in total. The summed E-state index contributed by atoms with van der Waals surface area (Å²) in [6, 6.07) is 11.0. The Morgan fingerprint density at radius 2 is 1.80 bits per heavy atom. The normalized spacial score (nSPS) is 18.3. The summed E-state index contributed by atoms with van der Waals surface area (Å²) in [6.07, 6.45) is -0.530. The minimum Gasteiger partial charge on any atom is -0.479 e. The van der Waals surface area contributed by atoms with Crippen LogP contribution in [0.15, 0.2) is 47.0 Å². The van der Waals surface area contributed by atoms with Crippen molar-refractivity contribution in [2.75, 3.05) is 38.1 Å². The summed E-state index contributed by atoms with van der Waals surface area (Å²) >= 11 is 0. The molecule has 1 atom stereocenters. The van der Waals surface area contributed by atoms with E-state index in [1.165, 1.54) is 18.7 Å². The van der Waals surface area contributed by atoms with Crippen molar-refractivity contribution in [3.05, 3.63) is 64.5 Å². The highest BCUT2D eigenvalue weighted by Gasteiger charge is 2.31. The average Bonchev–Trinajstić information content (AvgIpc) is 3.22.